The molecule has 1 amide bonds. The number of hydrogen-bond donors (Lipinski definition) is 1. The zero-order chi connectivity index (χ0) is 22.5. The second-order valence-electron chi connectivity index (χ2n) is 8.66. The predicted octanol–water partition coefficient (Wildman–Crippen LogP) is 5.13. The third-order valence-corrected chi connectivity index (χ3v) is 6.30. The molecule has 2 heterocycles. The Morgan fingerprint density at radius 1 is 1.19 bits per heavy atom. The maximum absolute atomic E-state index is 13.3. The molecular formula is C24H24N2O4S. The standard InChI is InChI=1S/C24H24N2O4S/c1-13-9-10-16-17(11-13)31-23(25-16)26-19(14-7-6-8-15(12-14)30-5)18(20(27)22(26)29)21(28)24(2,3)4/h6-12,19,27H,1-5H3. The number of aryl methyl sites for hydroxylation is 1. The van der Waals surface area contributed by atoms with E-state index in [1.165, 1.54) is 16.2 Å². The van der Waals surface area contributed by atoms with Crippen molar-refractivity contribution in [1.29, 1.82) is 0 Å². The largest absolute Gasteiger partial charge is 0.503 e. The van der Waals surface area contributed by atoms with Gasteiger partial charge >= 0.3 is 0 Å². The number of ether oxygens (including phenoxy) is 1. The Morgan fingerprint density at radius 2 is 1.94 bits per heavy atom. The SMILES string of the molecule is COc1cccc(C2C(C(=O)C(C)(C)C)=C(O)C(=O)N2c2nc3ccc(C)cc3s2)c1. The van der Waals surface area contributed by atoms with Crippen molar-refractivity contribution in [2.45, 2.75) is 33.7 Å². The molecule has 2 aromatic carbocycles. The molecule has 1 unspecified atom stereocenters. The number of amides is 1. The molecule has 1 aliphatic rings. The van der Waals surface area contributed by atoms with Crippen molar-refractivity contribution in [2.75, 3.05) is 12.0 Å². The van der Waals surface area contributed by atoms with Gasteiger partial charge in [-0.2, -0.15) is 0 Å². The molecule has 6 nitrogen and oxygen atoms in total. The summed E-state index contributed by atoms with van der Waals surface area (Å²) in [4.78, 5) is 32.6. The average Bonchev–Trinajstić information content (AvgIpc) is 3.25. The molecule has 160 valence electrons. The average molecular weight is 437 g/mol. The second kappa shape index (κ2) is 7.50. The molecule has 1 N–H and O–H groups in total. The fraction of sp³-hybridized carbons (Fsp3) is 0.292. The molecule has 0 aliphatic carbocycles. The van der Waals surface area contributed by atoms with Crippen molar-refractivity contribution in [3.63, 3.8) is 0 Å². The van der Waals surface area contributed by atoms with E-state index in [1.54, 1.807) is 46.1 Å². The molecule has 1 aromatic heterocycles. The number of carbonyl (C=O) groups is 2. The number of anilines is 1. The van der Waals surface area contributed by atoms with Gasteiger partial charge in [0.15, 0.2) is 16.7 Å². The summed E-state index contributed by atoms with van der Waals surface area (Å²) in [6.45, 7) is 7.30. The van der Waals surface area contributed by atoms with Crippen LogP contribution in [0.1, 0.15) is 37.9 Å². The molecule has 1 atom stereocenters. The van der Waals surface area contributed by atoms with Crippen molar-refractivity contribution in [3.05, 3.63) is 64.9 Å². The Hall–Kier alpha value is -3.19. The van der Waals surface area contributed by atoms with E-state index >= 15 is 0 Å². The number of aliphatic hydroxyl groups excluding tert-OH is 1. The van der Waals surface area contributed by atoms with Crippen LogP contribution in [0.4, 0.5) is 5.13 Å². The van der Waals surface area contributed by atoms with Crippen LogP contribution in [0.25, 0.3) is 10.2 Å². The van der Waals surface area contributed by atoms with Crippen LogP contribution >= 0.6 is 11.3 Å². The first-order valence-corrected chi connectivity index (χ1v) is 10.8. The summed E-state index contributed by atoms with van der Waals surface area (Å²) in [6, 6.07) is 12.3. The lowest BCUT2D eigenvalue weighted by molar-refractivity contribution is -0.123. The zero-order valence-corrected chi connectivity index (χ0v) is 18.9. The van der Waals surface area contributed by atoms with Gasteiger partial charge in [-0.25, -0.2) is 4.98 Å². The third-order valence-electron chi connectivity index (χ3n) is 5.28. The van der Waals surface area contributed by atoms with Crippen LogP contribution in [0.5, 0.6) is 5.75 Å². The van der Waals surface area contributed by atoms with E-state index in [2.05, 4.69) is 4.98 Å². The number of aromatic nitrogens is 1. The highest BCUT2D eigenvalue weighted by Gasteiger charge is 2.47. The van der Waals surface area contributed by atoms with Crippen LogP contribution in [0, 0.1) is 12.3 Å². The van der Waals surface area contributed by atoms with E-state index in [9.17, 15) is 14.7 Å². The summed E-state index contributed by atoms with van der Waals surface area (Å²) in [5, 5.41) is 11.2. The van der Waals surface area contributed by atoms with Crippen molar-refractivity contribution < 1.29 is 19.4 Å². The highest BCUT2D eigenvalue weighted by atomic mass is 32.1. The number of benzene rings is 2. The van der Waals surface area contributed by atoms with Crippen molar-refractivity contribution in [3.8, 4) is 5.75 Å². The van der Waals surface area contributed by atoms with Gasteiger partial charge in [0.2, 0.25) is 0 Å². The summed E-state index contributed by atoms with van der Waals surface area (Å²) in [7, 11) is 1.56. The number of carbonyl (C=O) groups excluding carboxylic acids is 2. The lowest BCUT2D eigenvalue weighted by Crippen LogP contribution is -2.32. The van der Waals surface area contributed by atoms with Crippen molar-refractivity contribution in [1.82, 2.24) is 4.98 Å². The molecule has 0 saturated heterocycles. The topological polar surface area (TPSA) is 79.7 Å². The number of methoxy groups -OCH3 is 1. The maximum Gasteiger partial charge on any atom is 0.296 e. The maximum atomic E-state index is 13.3. The van der Waals surface area contributed by atoms with Gasteiger partial charge in [-0.15, -0.1) is 0 Å². The fourth-order valence-corrected chi connectivity index (χ4v) is 4.78. The van der Waals surface area contributed by atoms with E-state index < -0.39 is 23.1 Å². The molecule has 0 fully saturated rings. The molecule has 3 aromatic rings. The van der Waals surface area contributed by atoms with Gasteiger partial charge in [-0.3, -0.25) is 14.5 Å². The first-order chi connectivity index (χ1) is 14.6. The van der Waals surface area contributed by atoms with Crippen molar-refractivity contribution >= 4 is 38.4 Å². The Bertz CT molecular complexity index is 1240. The van der Waals surface area contributed by atoms with Crippen LogP contribution in [0.3, 0.4) is 0 Å². The van der Waals surface area contributed by atoms with Crippen LogP contribution in [0.15, 0.2) is 53.8 Å². The number of fused-ring (bicyclic) bond motifs is 1. The van der Waals surface area contributed by atoms with E-state index in [0.29, 0.717) is 16.4 Å². The molecule has 0 radical (unpaired) electrons. The smallest absolute Gasteiger partial charge is 0.296 e. The predicted molar refractivity (Wildman–Crippen MR) is 122 cm³/mol. The van der Waals surface area contributed by atoms with Crippen LogP contribution < -0.4 is 9.64 Å². The summed E-state index contributed by atoms with van der Waals surface area (Å²) in [5.41, 5.74) is 1.82. The monoisotopic (exact) mass is 436 g/mol. The van der Waals surface area contributed by atoms with Crippen LogP contribution in [0.2, 0.25) is 0 Å². The van der Waals surface area contributed by atoms with Gasteiger partial charge in [0, 0.05) is 5.41 Å². The third kappa shape index (κ3) is 3.59. The first kappa shape index (κ1) is 21.1. The van der Waals surface area contributed by atoms with Gasteiger partial charge < -0.3 is 9.84 Å². The number of thiazole rings is 1. The summed E-state index contributed by atoms with van der Waals surface area (Å²) in [6.07, 6.45) is 0. The Kier molecular flexibility index (Phi) is 5.09. The summed E-state index contributed by atoms with van der Waals surface area (Å²) < 4.78 is 6.29. The number of Topliss-reactive ketones (excluding diaryl/α,β-unsaturated/α-hetero) is 1. The van der Waals surface area contributed by atoms with E-state index in [1.807, 2.05) is 31.2 Å². The minimum Gasteiger partial charge on any atom is -0.503 e. The molecule has 7 heteroatoms. The van der Waals surface area contributed by atoms with Gasteiger partial charge in [0.1, 0.15) is 5.75 Å². The second-order valence-corrected chi connectivity index (χ2v) is 9.67. The molecular weight excluding hydrogens is 412 g/mol. The van der Waals surface area contributed by atoms with Crippen molar-refractivity contribution in [2.24, 2.45) is 5.41 Å². The quantitative estimate of drug-likeness (QED) is 0.613. The normalized spacial score (nSPS) is 17.0. The Morgan fingerprint density at radius 3 is 2.61 bits per heavy atom. The molecule has 1 aliphatic heterocycles. The minimum atomic E-state index is -0.795. The number of nitrogens with zero attached hydrogens (tertiary/aromatic N) is 2. The van der Waals surface area contributed by atoms with Gasteiger partial charge in [-0.1, -0.05) is 50.3 Å². The number of ketones is 1. The zero-order valence-electron chi connectivity index (χ0n) is 18.1. The number of aliphatic hydroxyl groups is 1. The molecule has 0 spiro atoms. The van der Waals surface area contributed by atoms with E-state index in [0.717, 1.165) is 15.8 Å². The van der Waals surface area contributed by atoms with Gasteiger partial charge in [0.25, 0.3) is 5.91 Å². The number of rotatable bonds is 4. The fourth-order valence-electron chi connectivity index (χ4n) is 3.69. The Balaban J connectivity index is 1.92. The lowest BCUT2D eigenvalue weighted by Gasteiger charge is -2.27. The van der Waals surface area contributed by atoms with E-state index in [4.69, 9.17) is 4.74 Å². The lowest BCUT2D eigenvalue weighted by atomic mass is 9.82. The first-order valence-electron chi connectivity index (χ1n) is 9.94. The van der Waals surface area contributed by atoms with Gasteiger partial charge in [0.05, 0.1) is 28.9 Å². The minimum absolute atomic E-state index is 0.0844. The summed E-state index contributed by atoms with van der Waals surface area (Å²) in [5.74, 6) is -0.844. The van der Waals surface area contributed by atoms with Crippen LogP contribution in [-0.4, -0.2) is 28.9 Å². The molecule has 31 heavy (non-hydrogen) atoms. The summed E-state index contributed by atoms with van der Waals surface area (Å²) >= 11 is 1.36. The van der Waals surface area contributed by atoms with Crippen LogP contribution in [-0.2, 0) is 9.59 Å². The highest BCUT2D eigenvalue weighted by molar-refractivity contribution is 7.22. The molecule has 4 rings (SSSR count). The molecule has 0 saturated carbocycles. The van der Waals surface area contributed by atoms with Gasteiger partial charge in [-0.05, 0) is 42.3 Å². The number of hydrogen-bond acceptors (Lipinski definition) is 6. The molecule has 0 bridgehead atoms. The van der Waals surface area contributed by atoms with E-state index in [-0.39, 0.29) is 11.4 Å². The highest BCUT2D eigenvalue weighted by Crippen LogP contribution is 2.45. The Labute approximate surface area is 184 Å².